The number of rotatable bonds is 5. The normalized spacial score (nSPS) is 11.0. The molecule has 2 rings (SSSR count). The average molecular weight is 333 g/mol. The van der Waals surface area contributed by atoms with Gasteiger partial charge in [-0.1, -0.05) is 53.2 Å². The van der Waals surface area contributed by atoms with Crippen LogP contribution < -0.4 is 5.73 Å². The fourth-order valence-corrected chi connectivity index (χ4v) is 2.75. The van der Waals surface area contributed by atoms with Crippen molar-refractivity contribution in [2.45, 2.75) is 26.4 Å². The number of nitrogens with two attached hydrogens (primary N) is 1. The zero-order valence-electron chi connectivity index (χ0n) is 12.1. The van der Waals surface area contributed by atoms with Crippen LogP contribution >= 0.6 is 15.9 Å². The van der Waals surface area contributed by atoms with Crippen molar-refractivity contribution in [2.24, 2.45) is 0 Å². The Labute approximate surface area is 129 Å². The monoisotopic (exact) mass is 332 g/mol. The van der Waals surface area contributed by atoms with Crippen LogP contribution in [0.15, 0.2) is 46.9 Å². The molecule has 0 fully saturated rings. The number of benzene rings is 2. The lowest BCUT2D eigenvalue weighted by Crippen LogP contribution is -2.17. The van der Waals surface area contributed by atoms with Crippen LogP contribution in [0.3, 0.4) is 0 Å². The van der Waals surface area contributed by atoms with Gasteiger partial charge in [0.2, 0.25) is 0 Å². The van der Waals surface area contributed by atoms with E-state index >= 15 is 0 Å². The van der Waals surface area contributed by atoms with Crippen molar-refractivity contribution in [2.75, 3.05) is 12.8 Å². The van der Waals surface area contributed by atoms with Gasteiger partial charge in [-0.05, 0) is 42.3 Å². The molecule has 3 heteroatoms. The van der Waals surface area contributed by atoms with Crippen LogP contribution in [-0.4, -0.2) is 11.9 Å². The second-order valence-corrected chi connectivity index (χ2v) is 6.05. The molecule has 2 aromatic carbocycles. The van der Waals surface area contributed by atoms with Crippen molar-refractivity contribution in [3.05, 3.63) is 63.6 Å². The molecule has 0 amide bonds. The van der Waals surface area contributed by atoms with E-state index in [9.17, 15) is 0 Å². The summed E-state index contributed by atoms with van der Waals surface area (Å²) in [5.41, 5.74) is 10.5. The fourth-order valence-electron chi connectivity index (χ4n) is 2.23. The van der Waals surface area contributed by atoms with Gasteiger partial charge in [0.05, 0.1) is 0 Å². The summed E-state index contributed by atoms with van der Waals surface area (Å²) in [6, 6.07) is 14.8. The van der Waals surface area contributed by atoms with Crippen molar-refractivity contribution in [3.63, 3.8) is 0 Å². The minimum absolute atomic E-state index is 0.790. The highest BCUT2D eigenvalue weighted by molar-refractivity contribution is 9.10. The summed E-state index contributed by atoms with van der Waals surface area (Å²) in [7, 11) is 2.14. The molecule has 0 heterocycles. The first-order chi connectivity index (χ1) is 9.58. The minimum atomic E-state index is 0.790. The molecule has 0 aliphatic heterocycles. The number of hydrogen-bond acceptors (Lipinski definition) is 2. The lowest BCUT2D eigenvalue weighted by Gasteiger charge is -2.18. The summed E-state index contributed by atoms with van der Waals surface area (Å²) >= 11 is 3.57. The van der Waals surface area contributed by atoms with Gasteiger partial charge in [0.1, 0.15) is 0 Å². The third-order valence-electron chi connectivity index (χ3n) is 3.40. The minimum Gasteiger partial charge on any atom is -0.399 e. The van der Waals surface area contributed by atoms with Gasteiger partial charge < -0.3 is 5.73 Å². The largest absolute Gasteiger partial charge is 0.399 e. The van der Waals surface area contributed by atoms with Crippen LogP contribution in [0.4, 0.5) is 5.69 Å². The van der Waals surface area contributed by atoms with E-state index in [-0.39, 0.29) is 0 Å². The Morgan fingerprint density at radius 2 is 1.65 bits per heavy atom. The van der Waals surface area contributed by atoms with Gasteiger partial charge in [0.25, 0.3) is 0 Å². The number of nitrogen functional groups attached to an aromatic ring is 1. The van der Waals surface area contributed by atoms with Gasteiger partial charge in [-0.3, -0.25) is 4.90 Å². The molecule has 0 bridgehead atoms. The Kier molecular flexibility index (Phi) is 5.21. The number of anilines is 1. The molecule has 0 aromatic heterocycles. The van der Waals surface area contributed by atoms with Crippen molar-refractivity contribution < 1.29 is 0 Å². The Hall–Kier alpha value is -1.32. The van der Waals surface area contributed by atoms with E-state index in [1.165, 1.54) is 16.7 Å². The van der Waals surface area contributed by atoms with E-state index in [2.05, 4.69) is 65.1 Å². The highest BCUT2D eigenvalue weighted by Gasteiger charge is 2.05. The van der Waals surface area contributed by atoms with Crippen LogP contribution in [0.25, 0.3) is 0 Å². The molecule has 0 radical (unpaired) electrons. The third kappa shape index (κ3) is 4.09. The second-order valence-electron chi connectivity index (χ2n) is 5.19. The lowest BCUT2D eigenvalue weighted by molar-refractivity contribution is 0.318. The topological polar surface area (TPSA) is 29.3 Å². The first-order valence-corrected chi connectivity index (χ1v) is 7.68. The molecule has 0 atom stereocenters. The quantitative estimate of drug-likeness (QED) is 0.830. The summed E-state index contributed by atoms with van der Waals surface area (Å²) < 4.78 is 1.07. The molecule has 20 heavy (non-hydrogen) atoms. The van der Waals surface area contributed by atoms with Crippen LogP contribution in [-0.2, 0) is 19.5 Å². The van der Waals surface area contributed by atoms with E-state index in [4.69, 9.17) is 5.73 Å². The van der Waals surface area contributed by atoms with E-state index in [0.29, 0.717) is 0 Å². The second kappa shape index (κ2) is 6.91. The maximum Gasteiger partial charge on any atom is 0.0325 e. The molecule has 0 saturated carbocycles. The Bertz CT molecular complexity index is 564. The summed E-state index contributed by atoms with van der Waals surface area (Å²) in [5, 5.41) is 0. The molecule has 2 N–H and O–H groups in total. The van der Waals surface area contributed by atoms with Gasteiger partial charge in [-0.15, -0.1) is 0 Å². The zero-order chi connectivity index (χ0) is 14.5. The molecule has 106 valence electrons. The molecular formula is C17H21BrN2. The maximum absolute atomic E-state index is 5.77. The molecule has 0 aliphatic rings. The van der Waals surface area contributed by atoms with Gasteiger partial charge in [0.15, 0.2) is 0 Å². The van der Waals surface area contributed by atoms with Crippen molar-refractivity contribution in [1.29, 1.82) is 0 Å². The third-order valence-corrected chi connectivity index (χ3v) is 4.14. The van der Waals surface area contributed by atoms with Gasteiger partial charge >= 0.3 is 0 Å². The maximum atomic E-state index is 5.77. The predicted octanol–water partition coefficient (Wildman–Crippen LogP) is 4.23. The van der Waals surface area contributed by atoms with E-state index in [1.807, 2.05) is 12.1 Å². The standard InChI is InChI=1S/C17H21BrN2/c1-3-13-4-6-14(7-5-13)11-20(2)12-15-8-9-16(19)10-17(15)18/h4-10H,3,11-12,19H2,1-2H3. The number of hydrogen-bond donors (Lipinski definition) is 1. The summed E-state index contributed by atoms with van der Waals surface area (Å²) in [6.45, 7) is 4.02. The Morgan fingerprint density at radius 3 is 2.25 bits per heavy atom. The van der Waals surface area contributed by atoms with Gasteiger partial charge in [-0.2, -0.15) is 0 Å². The first-order valence-electron chi connectivity index (χ1n) is 6.88. The first kappa shape index (κ1) is 15.1. The van der Waals surface area contributed by atoms with Crippen LogP contribution in [0, 0.1) is 0 Å². The molecule has 2 nitrogen and oxygen atoms in total. The Morgan fingerprint density at radius 1 is 1.00 bits per heavy atom. The van der Waals surface area contributed by atoms with E-state index in [0.717, 1.165) is 29.7 Å². The fraction of sp³-hybridized carbons (Fsp3) is 0.294. The Balaban J connectivity index is 1.99. The smallest absolute Gasteiger partial charge is 0.0325 e. The number of nitrogens with zero attached hydrogens (tertiary/aromatic N) is 1. The molecule has 0 spiro atoms. The van der Waals surface area contributed by atoms with Crippen LogP contribution in [0.2, 0.25) is 0 Å². The SMILES string of the molecule is CCc1ccc(CN(C)Cc2ccc(N)cc2Br)cc1. The van der Waals surface area contributed by atoms with Crippen LogP contribution in [0.5, 0.6) is 0 Å². The van der Waals surface area contributed by atoms with Crippen LogP contribution in [0.1, 0.15) is 23.6 Å². The highest BCUT2D eigenvalue weighted by atomic mass is 79.9. The molecular weight excluding hydrogens is 312 g/mol. The highest BCUT2D eigenvalue weighted by Crippen LogP contribution is 2.21. The van der Waals surface area contributed by atoms with Gasteiger partial charge in [0, 0.05) is 23.2 Å². The average Bonchev–Trinajstić information content (AvgIpc) is 2.43. The van der Waals surface area contributed by atoms with Crippen molar-refractivity contribution in [3.8, 4) is 0 Å². The van der Waals surface area contributed by atoms with Crippen molar-refractivity contribution in [1.82, 2.24) is 4.90 Å². The molecule has 2 aromatic rings. The lowest BCUT2D eigenvalue weighted by atomic mass is 10.1. The number of halogens is 1. The van der Waals surface area contributed by atoms with E-state index in [1.54, 1.807) is 0 Å². The number of aryl methyl sites for hydroxylation is 1. The summed E-state index contributed by atoms with van der Waals surface area (Å²) in [5.74, 6) is 0. The predicted molar refractivity (Wildman–Crippen MR) is 89.5 cm³/mol. The zero-order valence-corrected chi connectivity index (χ0v) is 13.7. The molecule has 0 aliphatic carbocycles. The van der Waals surface area contributed by atoms with E-state index < -0.39 is 0 Å². The molecule has 0 saturated heterocycles. The van der Waals surface area contributed by atoms with Crippen molar-refractivity contribution >= 4 is 21.6 Å². The molecule has 0 unspecified atom stereocenters. The summed E-state index contributed by atoms with van der Waals surface area (Å²) in [6.07, 6.45) is 1.09. The summed E-state index contributed by atoms with van der Waals surface area (Å²) in [4.78, 5) is 2.30. The van der Waals surface area contributed by atoms with Gasteiger partial charge in [-0.25, -0.2) is 0 Å².